The van der Waals surface area contributed by atoms with Crippen LogP contribution in [0.4, 0.5) is 4.79 Å². The Labute approximate surface area is 186 Å². The van der Waals surface area contributed by atoms with E-state index < -0.39 is 5.91 Å². The van der Waals surface area contributed by atoms with Gasteiger partial charge in [-0.1, -0.05) is 6.07 Å². The van der Waals surface area contributed by atoms with Crippen molar-refractivity contribution in [3.63, 3.8) is 0 Å². The molecule has 2 saturated heterocycles. The van der Waals surface area contributed by atoms with Gasteiger partial charge in [0.05, 0.1) is 4.91 Å². The summed E-state index contributed by atoms with van der Waals surface area (Å²) in [5.41, 5.74) is 6.48. The second-order valence-electron chi connectivity index (χ2n) is 8.29. The number of aromatic nitrogens is 1. The summed E-state index contributed by atoms with van der Waals surface area (Å²) < 4.78 is 2.15. The average molecular weight is 438 g/mol. The Morgan fingerprint density at radius 3 is 2.42 bits per heavy atom. The van der Waals surface area contributed by atoms with Gasteiger partial charge < -0.3 is 9.47 Å². The van der Waals surface area contributed by atoms with Crippen molar-refractivity contribution in [2.45, 2.75) is 40.5 Å². The number of aryl methyl sites for hydroxylation is 3. The molecule has 2 aliphatic rings. The van der Waals surface area contributed by atoms with Crippen LogP contribution in [0.3, 0.4) is 0 Å². The molecule has 0 spiro atoms. The number of amides is 3. The molecule has 0 saturated carbocycles. The van der Waals surface area contributed by atoms with Crippen LogP contribution >= 0.6 is 11.8 Å². The van der Waals surface area contributed by atoms with Crippen LogP contribution in [0.5, 0.6) is 0 Å². The fraction of sp³-hybridized carbons (Fsp3) is 0.375. The molecule has 2 aromatic rings. The monoisotopic (exact) mass is 437 g/mol. The summed E-state index contributed by atoms with van der Waals surface area (Å²) in [6, 6.07) is 8.36. The summed E-state index contributed by atoms with van der Waals surface area (Å²) in [7, 11) is 0. The van der Waals surface area contributed by atoms with Crippen LogP contribution in [-0.2, 0) is 9.59 Å². The summed E-state index contributed by atoms with van der Waals surface area (Å²) in [4.78, 5) is 40.9. The predicted octanol–water partition coefficient (Wildman–Crippen LogP) is 4.37. The van der Waals surface area contributed by atoms with Crippen molar-refractivity contribution in [2.24, 2.45) is 0 Å². The van der Waals surface area contributed by atoms with E-state index in [0.717, 1.165) is 52.1 Å². The van der Waals surface area contributed by atoms with Gasteiger partial charge in [0.2, 0.25) is 5.91 Å². The van der Waals surface area contributed by atoms with Crippen LogP contribution in [0.1, 0.15) is 40.9 Å². The largest absolute Gasteiger partial charge is 0.341 e. The minimum atomic E-state index is -0.390. The topological polar surface area (TPSA) is 62.6 Å². The van der Waals surface area contributed by atoms with Crippen LogP contribution in [0.15, 0.2) is 29.2 Å². The molecule has 7 heteroatoms. The average Bonchev–Trinajstić information content (AvgIpc) is 3.41. The number of benzene rings is 1. The molecular weight excluding hydrogens is 410 g/mol. The molecule has 4 rings (SSSR count). The highest BCUT2D eigenvalue weighted by atomic mass is 32.2. The van der Waals surface area contributed by atoms with E-state index in [1.807, 2.05) is 19.9 Å². The van der Waals surface area contributed by atoms with Gasteiger partial charge >= 0.3 is 0 Å². The number of carbonyl (C=O) groups is 3. The second-order valence-corrected chi connectivity index (χ2v) is 9.28. The van der Waals surface area contributed by atoms with Crippen LogP contribution in [0.25, 0.3) is 11.8 Å². The molecule has 3 amide bonds. The maximum Gasteiger partial charge on any atom is 0.294 e. The first-order valence-electron chi connectivity index (χ1n) is 10.6. The van der Waals surface area contributed by atoms with E-state index in [1.165, 1.54) is 11.1 Å². The molecule has 0 atom stereocenters. The highest BCUT2D eigenvalue weighted by molar-refractivity contribution is 8.18. The lowest BCUT2D eigenvalue weighted by Gasteiger charge is -2.18. The van der Waals surface area contributed by atoms with Gasteiger partial charge in [-0.05, 0) is 93.3 Å². The molecule has 0 radical (unpaired) electrons. The first-order chi connectivity index (χ1) is 14.8. The van der Waals surface area contributed by atoms with Gasteiger partial charge in [-0.2, -0.15) is 0 Å². The fourth-order valence-corrected chi connectivity index (χ4v) is 5.00. The third-order valence-electron chi connectivity index (χ3n) is 6.13. The van der Waals surface area contributed by atoms with Crippen LogP contribution in [0.2, 0.25) is 0 Å². The van der Waals surface area contributed by atoms with Crippen LogP contribution < -0.4 is 0 Å². The van der Waals surface area contributed by atoms with Gasteiger partial charge in [0.1, 0.15) is 6.54 Å². The molecule has 1 aromatic heterocycles. The van der Waals surface area contributed by atoms with E-state index in [0.29, 0.717) is 18.0 Å². The molecule has 162 valence electrons. The molecule has 0 aliphatic carbocycles. The summed E-state index contributed by atoms with van der Waals surface area (Å²) in [6.45, 7) is 9.45. The molecule has 0 N–H and O–H groups in total. The van der Waals surface area contributed by atoms with Gasteiger partial charge in [-0.15, -0.1) is 0 Å². The van der Waals surface area contributed by atoms with E-state index in [9.17, 15) is 14.4 Å². The second kappa shape index (κ2) is 8.38. The molecule has 31 heavy (non-hydrogen) atoms. The molecule has 0 unspecified atom stereocenters. The maximum atomic E-state index is 12.9. The highest BCUT2D eigenvalue weighted by Gasteiger charge is 2.37. The number of hydrogen-bond donors (Lipinski definition) is 0. The molecular formula is C24H27N3O3S. The molecule has 6 nitrogen and oxygen atoms in total. The Kier molecular flexibility index (Phi) is 5.79. The minimum Gasteiger partial charge on any atom is -0.341 e. The third-order valence-corrected chi connectivity index (χ3v) is 7.04. The highest BCUT2D eigenvalue weighted by Crippen LogP contribution is 2.34. The van der Waals surface area contributed by atoms with Crippen molar-refractivity contribution >= 4 is 34.9 Å². The smallest absolute Gasteiger partial charge is 0.294 e. The molecule has 1 aromatic carbocycles. The lowest BCUT2D eigenvalue weighted by Crippen LogP contribution is -2.40. The number of hydrogen-bond acceptors (Lipinski definition) is 4. The Bertz CT molecular complexity index is 1110. The van der Waals surface area contributed by atoms with Crippen molar-refractivity contribution in [1.82, 2.24) is 14.4 Å². The van der Waals surface area contributed by atoms with E-state index in [2.05, 4.69) is 36.6 Å². The zero-order valence-electron chi connectivity index (χ0n) is 18.4. The van der Waals surface area contributed by atoms with Gasteiger partial charge in [0, 0.05) is 30.2 Å². The quantitative estimate of drug-likeness (QED) is 0.667. The van der Waals surface area contributed by atoms with Crippen molar-refractivity contribution in [3.8, 4) is 5.69 Å². The van der Waals surface area contributed by atoms with Crippen LogP contribution in [-0.4, -0.2) is 51.1 Å². The fourth-order valence-electron chi connectivity index (χ4n) is 4.18. The maximum absolute atomic E-state index is 12.9. The number of imide groups is 1. The van der Waals surface area contributed by atoms with Gasteiger partial charge in [-0.25, -0.2) is 0 Å². The number of thioether (sulfide) groups is 1. The first-order valence-corrected chi connectivity index (χ1v) is 11.4. The summed E-state index contributed by atoms with van der Waals surface area (Å²) >= 11 is 0.904. The van der Waals surface area contributed by atoms with E-state index in [1.54, 1.807) is 11.0 Å². The lowest BCUT2D eigenvalue weighted by molar-refractivity contribution is -0.135. The normalized spacial score (nSPS) is 18.0. The number of likely N-dealkylation sites (tertiary alicyclic amines) is 1. The lowest BCUT2D eigenvalue weighted by atomic mass is 10.1. The van der Waals surface area contributed by atoms with Crippen molar-refractivity contribution in [2.75, 3.05) is 19.6 Å². The standard InChI is InChI=1S/C24H27N3O3S/c1-15-7-8-20(11-16(15)2)27-17(3)12-19(18(27)4)13-21-23(29)26(24(30)31-21)14-22(28)25-9-5-6-10-25/h7-8,11-13H,5-6,9-10,14H2,1-4H3/b21-13+. The van der Waals surface area contributed by atoms with E-state index in [4.69, 9.17) is 0 Å². The zero-order chi connectivity index (χ0) is 22.3. The number of rotatable bonds is 4. The Morgan fingerprint density at radius 2 is 1.74 bits per heavy atom. The van der Waals surface area contributed by atoms with Crippen molar-refractivity contribution < 1.29 is 14.4 Å². The third kappa shape index (κ3) is 4.06. The van der Waals surface area contributed by atoms with E-state index in [-0.39, 0.29) is 17.7 Å². The van der Waals surface area contributed by atoms with Crippen LogP contribution in [0, 0.1) is 27.7 Å². The molecule has 2 fully saturated rings. The van der Waals surface area contributed by atoms with Gasteiger partial charge in [-0.3, -0.25) is 19.3 Å². The molecule has 3 heterocycles. The molecule has 2 aliphatic heterocycles. The Balaban J connectivity index is 1.59. The predicted molar refractivity (Wildman–Crippen MR) is 123 cm³/mol. The Morgan fingerprint density at radius 1 is 1.03 bits per heavy atom. The van der Waals surface area contributed by atoms with Crippen molar-refractivity contribution in [3.05, 3.63) is 57.2 Å². The summed E-state index contributed by atoms with van der Waals surface area (Å²) in [5, 5.41) is -0.383. The SMILES string of the molecule is Cc1ccc(-n2c(C)cc(/C=C3/SC(=O)N(CC(=O)N4CCCC4)C3=O)c2C)cc1C. The zero-order valence-corrected chi connectivity index (χ0v) is 19.2. The van der Waals surface area contributed by atoms with E-state index >= 15 is 0 Å². The number of carbonyl (C=O) groups excluding carboxylic acids is 3. The van der Waals surface area contributed by atoms with Gasteiger partial charge in [0.15, 0.2) is 0 Å². The first kappa shape index (κ1) is 21.4. The van der Waals surface area contributed by atoms with Crippen molar-refractivity contribution in [1.29, 1.82) is 0 Å². The summed E-state index contributed by atoms with van der Waals surface area (Å²) in [6.07, 6.45) is 3.72. The number of nitrogens with zero attached hydrogens (tertiary/aromatic N) is 3. The minimum absolute atomic E-state index is 0.158. The Hall–Kier alpha value is -2.80. The molecule has 0 bridgehead atoms. The van der Waals surface area contributed by atoms with Gasteiger partial charge in [0.25, 0.3) is 11.1 Å². The summed E-state index contributed by atoms with van der Waals surface area (Å²) in [5.74, 6) is -0.549.